The molecular weight excluding hydrogens is 252 g/mol. The van der Waals surface area contributed by atoms with E-state index in [1.54, 1.807) is 7.11 Å². The third-order valence-electron chi connectivity index (χ3n) is 2.43. The van der Waals surface area contributed by atoms with Crippen LogP contribution < -0.4 is 9.64 Å². The Labute approximate surface area is 108 Å². The maximum absolute atomic E-state index is 10.8. The number of carbonyl (C=O) groups is 1. The summed E-state index contributed by atoms with van der Waals surface area (Å²) in [6, 6.07) is 7.49. The van der Waals surface area contributed by atoms with Crippen LogP contribution in [0.4, 0.5) is 10.8 Å². The minimum Gasteiger partial charge on any atom is -0.497 e. The van der Waals surface area contributed by atoms with Crippen LogP contribution in [0, 0.1) is 0 Å². The van der Waals surface area contributed by atoms with Crippen LogP contribution in [-0.2, 0) is 0 Å². The van der Waals surface area contributed by atoms with Crippen molar-refractivity contribution < 1.29 is 14.6 Å². The van der Waals surface area contributed by atoms with Crippen molar-refractivity contribution in [3.05, 3.63) is 35.3 Å². The highest BCUT2D eigenvalue weighted by Crippen LogP contribution is 2.29. The molecule has 0 bridgehead atoms. The Morgan fingerprint density at radius 1 is 1.50 bits per heavy atom. The van der Waals surface area contributed by atoms with Gasteiger partial charge in [0, 0.05) is 18.8 Å². The molecule has 0 fully saturated rings. The van der Waals surface area contributed by atoms with Crippen LogP contribution in [-0.4, -0.2) is 30.2 Å². The number of hydrogen-bond acceptors (Lipinski definition) is 5. The summed E-state index contributed by atoms with van der Waals surface area (Å²) in [4.78, 5) is 16.9. The number of aromatic nitrogens is 1. The number of hydrogen-bond donors (Lipinski definition) is 1. The van der Waals surface area contributed by atoms with E-state index in [1.807, 2.05) is 36.2 Å². The van der Waals surface area contributed by atoms with Crippen molar-refractivity contribution in [1.82, 2.24) is 4.98 Å². The Kier molecular flexibility index (Phi) is 3.47. The number of carboxylic acids is 1. The van der Waals surface area contributed by atoms with Crippen molar-refractivity contribution in [1.29, 1.82) is 0 Å². The quantitative estimate of drug-likeness (QED) is 0.919. The zero-order valence-electron chi connectivity index (χ0n) is 9.95. The molecule has 1 heterocycles. The second kappa shape index (κ2) is 5.05. The average molecular weight is 264 g/mol. The molecular formula is C12H12N2O3S. The van der Waals surface area contributed by atoms with Crippen molar-refractivity contribution in [2.24, 2.45) is 0 Å². The summed E-state index contributed by atoms with van der Waals surface area (Å²) in [7, 11) is 3.43. The van der Waals surface area contributed by atoms with E-state index in [9.17, 15) is 4.79 Å². The molecule has 0 unspecified atom stereocenters. The van der Waals surface area contributed by atoms with Crippen LogP contribution in [0.5, 0.6) is 5.75 Å². The highest BCUT2D eigenvalue weighted by Gasteiger charge is 2.13. The Morgan fingerprint density at radius 3 is 2.89 bits per heavy atom. The Morgan fingerprint density at radius 2 is 2.28 bits per heavy atom. The third kappa shape index (κ3) is 2.43. The topological polar surface area (TPSA) is 62.7 Å². The lowest BCUT2D eigenvalue weighted by Crippen LogP contribution is -2.08. The number of anilines is 2. The molecule has 2 rings (SSSR count). The van der Waals surface area contributed by atoms with Gasteiger partial charge in [0.25, 0.3) is 0 Å². The lowest BCUT2D eigenvalue weighted by atomic mass is 10.3. The number of carboxylic acid groups (broad SMARTS) is 1. The minimum atomic E-state index is -0.960. The molecule has 1 aromatic carbocycles. The number of nitrogens with zero attached hydrogens (tertiary/aromatic N) is 2. The molecule has 0 aliphatic heterocycles. The van der Waals surface area contributed by atoms with E-state index in [0.29, 0.717) is 5.13 Å². The monoisotopic (exact) mass is 264 g/mol. The summed E-state index contributed by atoms with van der Waals surface area (Å²) in [6.45, 7) is 0. The van der Waals surface area contributed by atoms with Gasteiger partial charge in [0.2, 0.25) is 0 Å². The van der Waals surface area contributed by atoms with Crippen molar-refractivity contribution in [3.8, 4) is 5.75 Å². The zero-order valence-corrected chi connectivity index (χ0v) is 10.8. The lowest BCUT2D eigenvalue weighted by molar-refractivity contribution is 0.0702. The fourth-order valence-corrected chi connectivity index (χ4v) is 2.19. The van der Waals surface area contributed by atoms with Gasteiger partial charge in [0.1, 0.15) is 10.6 Å². The van der Waals surface area contributed by atoms with E-state index in [4.69, 9.17) is 9.84 Å². The standard InChI is InChI=1S/C12H12N2O3S/c1-14(8-4-3-5-9(6-8)17-2)12-13-7-10(18-12)11(15)16/h3-7H,1-2H3,(H,15,16). The van der Waals surface area contributed by atoms with E-state index in [-0.39, 0.29) is 4.88 Å². The Hall–Kier alpha value is -2.08. The number of thiazole rings is 1. The van der Waals surface area contributed by atoms with Crippen LogP contribution >= 0.6 is 11.3 Å². The van der Waals surface area contributed by atoms with Crippen molar-refractivity contribution >= 4 is 28.1 Å². The van der Waals surface area contributed by atoms with E-state index in [1.165, 1.54) is 6.20 Å². The van der Waals surface area contributed by atoms with Gasteiger partial charge in [-0.1, -0.05) is 17.4 Å². The summed E-state index contributed by atoms with van der Waals surface area (Å²) in [6.07, 6.45) is 1.36. The van der Waals surface area contributed by atoms with Gasteiger partial charge in [-0.15, -0.1) is 0 Å². The molecule has 0 atom stereocenters. The van der Waals surface area contributed by atoms with Gasteiger partial charge in [-0.2, -0.15) is 0 Å². The number of aromatic carboxylic acids is 1. The number of benzene rings is 1. The maximum atomic E-state index is 10.8. The summed E-state index contributed by atoms with van der Waals surface area (Å²) in [5, 5.41) is 9.49. The number of ether oxygens (including phenoxy) is 1. The Bertz CT molecular complexity index is 568. The van der Waals surface area contributed by atoms with Gasteiger partial charge in [0.05, 0.1) is 13.3 Å². The molecule has 0 spiro atoms. The van der Waals surface area contributed by atoms with Crippen LogP contribution in [0.1, 0.15) is 9.67 Å². The molecule has 94 valence electrons. The summed E-state index contributed by atoms with van der Waals surface area (Å²) < 4.78 is 5.15. The van der Waals surface area contributed by atoms with E-state index >= 15 is 0 Å². The van der Waals surface area contributed by atoms with Gasteiger partial charge >= 0.3 is 5.97 Å². The molecule has 6 heteroatoms. The van der Waals surface area contributed by atoms with Crippen LogP contribution in [0.15, 0.2) is 30.5 Å². The molecule has 0 saturated heterocycles. The second-order valence-corrected chi connectivity index (χ2v) is 4.58. The number of rotatable bonds is 4. The molecule has 2 aromatic rings. The van der Waals surface area contributed by atoms with Gasteiger partial charge < -0.3 is 14.7 Å². The van der Waals surface area contributed by atoms with Crippen LogP contribution in [0.2, 0.25) is 0 Å². The van der Waals surface area contributed by atoms with Gasteiger partial charge in [-0.05, 0) is 12.1 Å². The summed E-state index contributed by atoms with van der Waals surface area (Å²) in [5.41, 5.74) is 0.889. The Balaban J connectivity index is 2.28. The van der Waals surface area contributed by atoms with Crippen molar-refractivity contribution in [2.75, 3.05) is 19.1 Å². The first-order valence-corrected chi connectivity index (χ1v) is 6.00. The molecule has 0 saturated carbocycles. The van der Waals surface area contributed by atoms with E-state index < -0.39 is 5.97 Å². The highest BCUT2D eigenvalue weighted by atomic mass is 32.1. The third-order valence-corrected chi connectivity index (χ3v) is 3.49. The first-order valence-electron chi connectivity index (χ1n) is 5.18. The van der Waals surface area contributed by atoms with Gasteiger partial charge in [-0.25, -0.2) is 9.78 Å². The fourth-order valence-electron chi connectivity index (χ4n) is 1.45. The van der Waals surface area contributed by atoms with Gasteiger partial charge in [0.15, 0.2) is 5.13 Å². The van der Waals surface area contributed by atoms with Crippen molar-refractivity contribution in [3.63, 3.8) is 0 Å². The smallest absolute Gasteiger partial charge is 0.347 e. The molecule has 0 aliphatic carbocycles. The second-order valence-electron chi connectivity index (χ2n) is 3.57. The zero-order chi connectivity index (χ0) is 13.1. The van der Waals surface area contributed by atoms with Crippen LogP contribution in [0.3, 0.4) is 0 Å². The molecule has 0 amide bonds. The number of methoxy groups -OCH3 is 1. The SMILES string of the molecule is COc1cccc(N(C)c2ncc(C(=O)O)s2)c1. The molecule has 5 nitrogen and oxygen atoms in total. The summed E-state index contributed by atoms with van der Waals surface area (Å²) >= 11 is 1.13. The molecule has 18 heavy (non-hydrogen) atoms. The normalized spacial score (nSPS) is 10.1. The molecule has 1 N–H and O–H groups in total. The first kappa shape index (κ1) is 12.4. The molecule has 0 aliphatic rings. The predicted octanol–water partition coefficient (Wildman–Crippen LogP) is 2.62. The highest BCUT2D eigenvalue weighted by molar-refractivity contribution is 7.17. The van der Waals surface area contributed by atoms with Crippen molar-refractivity contribution in [2.45, 2.75) is 0 Å². The molecule has 0 radical (unpaired) electrons. The average Bonchev–Trinajstić information content (AvgIpc) is 2.87. The van der Waals surface area contributed by atoms with E-state index in [0.717, 1.165) is 22.8 Å². The van der Waals surface area contributed by atoms with Gasteiger partial charge in [-0.3, -0.25) is 0 Å². The largest absolute Gasteiger partial charge is 0.497 e. The van der Waals surface area contributed by atoms with E-state index in [2.05, 4.69) is 4.98 Å². The molecule has 1 aromatic heterocycles. The summed E-state index contributed by atoms with van der Waals surface area (Å²) in [5.74, 6) is -0.216. The minimum absolute atomic E-state index is 0.222. The first-order chi connectivity index (χ1) is 8.61. The lowest BCUT2D eigenvalue weighted by Gasteiger charge is -2.16. The van der Waals surface area contributed by atoms with Crippen LogP contribution in [0.25, 0.3) is 0 Å². The maximum Gasteiger partial charge on any atom is 0.347 e. The predicted molar refractivity (Wildman–Crippen MR) is 70.1 cm³/mol. The fraction of sp³-hybridized carbons (Fsp3) is 0.167.